The lowest BCUT2D eigenvalue weighted by Crippen LogP contribution is -2.48. The number of rotatable bonds is 5. The average molecular weight is 296 g/mol. The number of nitrogens with zero attached hydrogens (tertiary/aromatic N) is 2. The zero-order valence-electron chi connectivity index (χ0n) is 11.9. The molecule has 0 aromatic heterocycles. The van der Waals surface area contributed by atoms with Crippen molar-refractivity contribution in [2.75, 3.05) is 44.2 Å². The Morgan fingerprint density at radius 1 is 1.20 bits per heavy atom. The van der Waals surface area contributed by atoms with E-state index in [1.807, 2.05) is 19.1 Å². The molecule has 1 heterocycles. The van der Waals surface area contributed by atoms with E-state index in [-0.39, 0.29) is 5.91 Å². The van der Waals surface area contributed by atoms with Crippen LogP contribution in [0.5, 0.6) is 0 Å². The summed E-state index contributed by atoms with van der Waals surface area (Å²) in [6, 6.07) is 8.01. The van der Waals surface area contributed by atoms with Gasteiger partial charge in [-0.25, -0.2) is 0 Å². The highest BCUT2D eigenvalue weighted by molar-refractivity contribution is 6.30. The molecule has 1 fully saturated rings. The third-order valence-electron chi connectivity index (χ3n) is 3.64. The average Bonchev–Trinajstić information content (AvgIpc) is 2.48. The zero-order chi connectivity index (χ0) is 14.4. The van der Waals surface area contributed by atoms with Crippen LogP contribution in [0.1, 0.15) is 13.3 Å². The normalized spacial score (nSPS) is 16.2. The third-order valence-corrected chi connectivity index (χ3v) is 3.89. The van der Waals surface area contributed by atoms with E-state index in [0.717, 1.165) is 44.3 Å². The Morgan fingerprint density at radius 2 is 1.85 bits per heavy atom. The second-order valence-electron chi connectivity index (χ2n) is 5.01. The molecule has 1 N–H and O–H groups in total. The first kappa shape index (κ1) is 15.1. The summed E-state index contributed by atoms with van der Waals surface area (Å²) in [4.78, 5) is 15.9. The highest BCUT2D eigenvalue weighted by Gasteiger charge is 2.16. The van der Waals surface area contributed by atoms with Crippen LogP contribution in [0, 0.1) is 0 Å². The number of hydrogen-bond acceptors (Lipinski definition) is 3. The van der Waals surface area contributed by atoms with Gasteiger partial charge in [0, 0.05) is 56.4 Å². The third kappa shape index (κ3) is 4.39. The SMILES string of the molecule is CCC(=O)NCCN1CCN(c2ccc(Cl)cc2)CC1. The minimum absolute atomic E-state index is 0.129. The summed E-state index contributed by atoms with van der Waals surface area (Å²) in [5.41, 5.74) is 1.23. The fourth-order valence-electron chi connectivity index (χ4n) is 2.36. The lowest BCUT2D eigenvalue weighted by molar-refractivity contribution is -0.120. The Hall–Kier alpha value is -1.26. The second-order valence-corrected chi connectivity index (χ2v) is 5.45. The predicted octanol–water partition coefficient (Wildman–Crippen LogP) is 1.99. The summed E-state index contributed by atoms with van der Waals surface area (Å²) in [6.07, 6.45) is 0.560. The maximum absolute atomic E-state index is 11.2. The summed E-state index contributed by atoms with van der Waals surface area (Å²) in [6.45, 7) is 7.65. The van der Waals surface area contributed by atoms with Crippen molar-refractivity contribution in [1.82, 2.24) is 10.2 Å². The van der Waals surface area contributed by atoms with Crippen LogP contribution < -0.4 is 10.2 Å². The molecule has 110 valence electrons. The summed E-state index contributed by atoms with van der Waals surface area (Å²) in [7, 11) is 0. The molecular weight excluding hydrogens is 274 g/mol. The van der Waals surface area contributed by atoms with E-state index in [9.17, 15) is 4.79 Å². The maximum Gasteiger partial charge on any atom is 0.219 e. The van der Waals surface area contributed by atoms with Crippen LogP contribution in [0.15, 0.2) is 24.3 Å². The van der Waals surface area contributed by atoms with Crippen molar-refractivity contribution >= 4 is 23.2 Å². The van der Waals surface area contributed by atoms with Crippen LogP contribution in [-0.4, -0.2) is 50.1 Å². The molecule has 1 aromatic carbocycles. The van der Waals surface area contributed by atoms with Gasteiger partial charge < -0.3 is 10.2 Å². The molecule has 20 heavy (non-hydrogen) atoms. The number of piperazine rings is 1. The quantitative estimate of drug-likeness (QED) is 0.902. The molecule has 0 spiro atoms. The summed E-state index contributed by atoms with van der Waals surface area (Å²) < 4.78 is 0. The molecule has 1 aliphatic rings. The van der Waals surface area contributed by atoms with Gasteiger partial charge in [0.05, 0.1) is 0 Å². The van der Waals surface area contributed by atoms with Gasteiger partial charge in [0.25, 0.3) is 0 Å². The van der Waals surface area contributed by atoms with Crippen LogP contribution >= 0.6 is 11.6 Å². The van der Waals surface area contributed by atoms with Gasteiger partial charge in [-0.05, 0) is 24.3 Å². The van der Waals surface area contributed by atoms with Gasteiger partial charge in [0.1, 0.15) is 0 Å². The molecular formula is C15H22ClN3O. The summed E-state index contributed by atoms with van der Waals surface area (Å²) in [5.74, 6) is 0.129. The van der Waals surface area contributed by atoms with Crippen molar-refractivity contribution in [3.05, 3.63) is 29.3 Å². The molecule has 0 saturated carbocycles. The zero-order valence-corrected chi connectivity index (χ0v) is 12.7. The Bertz CT molecular complexity index is 427. The van der Waals surface area contributed by atoms with E-state index in [4.69, 9.17) is 11.6 Å². The molecule has 1 aromatic rings. The van der Waals surface area contributed by atoms with Crippen LogP contribution in [0.3, 0.4) is 0 Å². The van der Waals surface area contributed by atoms with Gasteiger partial charge in [0.15, 0.2) is 0 Å². The summed E-state index contributed by atoms with van der Waals surface area (Å²) in [5, 5.41) is 3.70. The first-order valence-electron chi connectivity index (χ1n) is 7.18. The molecule has 0 radical (unpaired) electrons. The standard InChI is InChI=1S/C15H22ClN3O/c1-2-15(20)17-7-8-18-9-11-19(12-10-18)14-5-3-13(16)4-6-14/h3-6H,2,7-12H2,1H3,(H,17,20). The van der Waals surface area contributed by atoms with Crippen LogP contribution in [0.25, 0.3) is 0 Å². The van der Waals surface area contributed by atoms with E-state index in [2.05, 4.69) is 27.2 Å². The van der Waals surface area contributed by atoms with Crippen molar-refractivity contribution in [3.8, 4) is 0 Å². The highest BCUT2D eigenvalue weighted by Crippen LogP contribution is 2.19. The number of carbonyl (C=O) groups is 1. The summed E-state index contributed by atoms with van der Waals surface area (Å²) >= 11 is 5.91. The minimum atomic E-state index is 0.129. The smallest absolute Gasteiger partial charge is 0.219 e. The topological polar surface area (TPSA) is 35.6 Å². The number of anilines is 1. The molecule has 4 nitrogen and oxygen atoms in total. The number of hydrogen-bond donors (Lipinski definition) is 1. The number of amides is 1. The Morgan fingerprint density at radius 3 is 2.45 bits per heavy atom. The van der Waals surface area contributed by atoms with Crippen molar-refractivity contribution in [2.45, 2.75) is 13.3 Å². The number of carbonyl (C=O) groups excluding carboxylic acids is 1. The molecule has 1 amide bonds. The van der Waals surface area contributed by atoms with Crippen molar-refractivity contribution < 1.29 is 4.79 Å². The van der Waals surface area contributed by atoms with Crippen LogP contribution in [0.2, 0.25) is 5.02 Å². The van der Waals surface area contributed by atoms with E-state index in [1.165, 1.54) is 5.69 Å². The number of halogens is 1. The number of benzene rings is 1. The second kappa shape index (κ2) is 7.50. The van der Waals surface area contributed by atoms with Gasteiger partial charge in [-0.3, -0.25) is 9.69 Å². The monoisotopic (exact) mass is 295 g/mol. The Labute approximate surface area is 125 Å². The van der Waals surface area contributed by atoms with E-state index >= 15 is 0 Å². The largest absolute Gasteiger partial charge is 0.369 e. The molecule has 0 aliphatic carbocycles. The molecule has 1 aliphatic heterocycles. The molecule has 1 saturated heterocycles. The fraction of sp³-hybridized carbons (Fsp3) is 0.533. The number of nitrogens with one attached hydrogen (secondary N) is 1. The van der Waals surface area contributed by atoms with Gasteiger partial charge in [0.2, 0.25) is 5.91 Å². The Balaban J connectivity index is 1.72. The van der Waals surface area contributed by atoms with E-state index < -0.39 is 0 Å². The predicted molar refractivity (Wildman–Crippen MR) is 83.4 cm³/mol. The van der Waals surface area contributed by atoms with Gasteiger partial charge in [-0.2, -0.15) is 0 Å². The molecule has 0 unspecified atom stereocenters. The first-order valence-corrected chi connectivity index (χ1v) is 7.56. The Kier molecular flexibility index (Phi) is 5.68. The van der Waals surface area contributed by atoms with Gasteiger partial charge in [-0.15, -0.1) is 0 Å². The van der Waals surface area contributed by atoms with Gasteiger partial charge in [-0.1, -0.05) is 18.5 Å². The molecule has 2 rings (SSSR count). The highest BCUT2D eigenvalue weighted by atomic mass is 35.5. The van der Waals surface area contributed by atoms with Crippen molar-refractivity contribution in [2.24, 2.45) is 0 Å². The molecule has 5 heteroatoms. The lowest BCUT2D eigenvalue weighted by Gasteiger charge is -2.36. The van der Waals surface area contributed by atoms with Crippen LogP contribution in [-0.2, 0) is 4.79 Å². The lowest BCUT2D eigenvalue weighted by atomic mass is 10.2. The van der Waals surface area contributed by atoms with Crippen molar-refractivity contribution in [3.63, 3.8) is 0 Å². The van der Waals surface area contributed by atoms with Crippen LogP contribution in [0.4, 0.5) is 5.69 Å². The first-order chi connectivity index (χ1) is 9.69. The fourth-order valence-corrected chi connectivity index (χ4v) is 2.49. The molecule has 0 bridgehead atoms. The minimum Gasteiger partial charge on any atom is -0.369 e. The van der Waals surface area contributed by atoms with Crippen molar-refractivity contribution in [1.29, 1.82) is 0 Å². The molecule has 0 atom stereocenters. The van der Waals surface area contributed by atoms with E-state index in [1.54, 1.807) is 0 Å². The van der Waals surface area contributed by atoms with E-state index in [0.29, 0.717) is 6.42 Å². The van der Waals surface area contributed by atoms with Gasteiger partial charge >= 0.3 is 0 Å². The maximum atomic E-state index is 11.2.